The molecule has 2 fully saturated rings. The van der Waals surface area contributed by atoms with Crippen molar-refractivity contribution >= 4 is 34.8 Å². The summed E-state index contributed by atoms with van der Waals surface area (Å²) in [6.45, 7) is 4.49. The smallest absolute Gasteiger partial charge is 0.255 e. The Morgan fingerprint density at radius 3 is 2.48 bits per heavy atom. The molecule has 0 spiro atoms. The Morgan fingerprint density at radius 1 is 1.19 bits per heavy atom. The molecule has 0 unspecified atom stereocenters. The maximum atomic E-state index is 12.6. The van der Waals surface area contributed by atoms with Gasteiger partial charge in [-0.25, -0.2) is 0 Å². The van der Waals surface area contributed by atoms with Crippen LogP contribution < -0.4 is 5.73 Å². The van der Waals surface area contributed by atoms with E-state index in [1.165, 1.54) is 19.4 Å². The second-order valence-corrected chi connectivity index (χ2v) is 6.69. The molecular formula is C15H19Cl2N3O. The highest BCUT2D eigenvalue weighted by molar-refractivity contribution is 6.44. The molecule has 1 amide bonds. The van der Waals surface area contributed by atoms with Crippen LogP contribution in [0.4, 0.5) is 5.69 Å². The molecule has 0 atom stereocenters. The minimum atomic E-state index is -0.0831. The molecule has 1 aliphatic heterocycles. The molecular weight excluding hydrogens is 309 g/mol. The number of rotatable bonds is 3. The number of nitrogen functional groups attached to an aromatic ring is 1. The largest absolute Gasteiger partial charge is 0.399 e. The summed E-state index contributed by atoms with van der Waals surface area (Å²) in [5, 5.41) is 0.615. The molecule has 1 aromatic carbocycles. The monoisotopic (exact) mass is 327 g/mol. The van der Waals surface area contributed by atoms with Gasteiger partial charge in [-0.1, -0.05) is 23.2 Å². The molecule has 1 aromatic rings. The predicted octanol–water partition coefficient (Wildman–Crippen LogP) is 2.74. The van der Waals surface area contributed by atoms with E-state index < -0.39 is 0 Å². The first kappa shape index (κ1) is 14.9. The van der Waals surface area contributed by atoms with Crippen molar-refractivity contribution in [3.8, 4) is 0 Å². The molecule has 2 N–H and O–H groups in total. The number of nitrogens with zero attached hydrogens (tertiary/aromatic N) is 2. The average Bonchev–Trinajstić information content (AvgIpc) is 3.27. The minimum absolute atomic E-state index is 0.0831. The highest BCUT2D eigenvalue weighted by Crippen LogP contribution is 2.31. The molecule has 4 nitrogen and oxygen atoms in total. The van der Waals surface area contributed by atoms with E-state index in [1.54, 1.807) is 12.1 Å². The van der Waals surface area contributed by atoms with E-state index in [1.807, 2.05) is 4.90 Å². The summed E-state index contributed by atoms with van der Waals surface area (Å²) in [5.74, 6) is 0.801. The molecule has 3 rings (SSSR count). The van der Waals surface area contributed by atoms with Crippen molar-refractivity contribution in [2.24, 2.45) is 5.92 Å². The van der Waals surface area contributed by atoms with Crippen LogP contribution in [-0.4, -0.2) is 48.4 Å². The number of halogens is 2. The topological polar surface area (TPSA) is 49.6 Å². The average molecular weight is 328 g/mol. The number of carbonyl (C=O) groups excluding carboxylic acids is 1. The van der Waals surface area contributed by atoms with Gasteiger partial charge in [0.15, 0.2) is 0 Å². The van der Waals surface area contributed by atoms with E-state index in [2.05, 4.69) is 4.90 Å². The summed E-state index contributed by atoms with van der Waals surface area (Å²) in [6.07, 6.45) is 2.72. The van der Waals surface area contributed by atoms with Crippen molar-refractivity contribution in [3.05, 3.63) is 27.7 Å². The summed E-state index contributed by atoms with van der Waals surface area (Å²) >= 11 is 12.1. The lowest BCUT2D eigenvalue weighted by atomic mass is 10.1. The molecule has 1 saturated heterocycles. The van der Waals surface area contributed by atoms with Crippen molar-refractivity contribution in [3.63, 3.8) is 0 Å². The zero-order valence-corrected chi connectivity index (χ0v) is 13.3. The van der Waals surface area contributed by atoms with Crippen molar-refractivity contribution in [2.45, 2.75) is 12.8 Å². The normalized spacial score (nSPS) is 19.8. The van der Waals surface area contributed by atoms with Crippen LogP contribution in [0.5, 0.6) is 0 Å². The number of carbonyl (C=O) groups is 1. The van der Waals surface area contributed by atoms with Gasteiger partial charge in [0.25, 0.3) is 5.91 Å². The second kappa shape index (κ2) is 6.03. The zero-order chi connectivity index (χ0) is 15.0. The van der Waals surface area contributed by atoms with Gasteiger partial charge < -0.3 is 10.6 Å². The summed E-state index contributed by atoms with van der Waals surface area (Å²) in [6, 6.07) is 3.17. The molecule has 114 valence electrons. The first-order valence-corrected chi connectivity index (χ1v) is 8.06. The number of piperazine rings is 1. The van der Waals surface area contributed by atoms with Gasteiger partial charge in [0, 0.05) is 38.4 Å². The number of hydrogen-bond donors (Lipinski definition) is 1. The third kappa shape index (κ3) is 3.44. The van der Waals surface area contributed by atoms with Crippen LogP contribution in [0.3, 0.4) is 0 Å². The van der Waals surface area contributed by atoms with Gasteiger partial charge in [0.05, 0.1) is 15.6 Å². The fraction of sp³-hybridized carbons (Fsp3) is 0.533. The van der Waals surface area contributed by atoms with Crippen LogP contribution >= 0.6 is 23.2 Å². The lowest BCUT2D eigenvalue weighted by Gasteiger charge is -2.35. The number of nitrogens with two attached hydrogens (primary N) is 1. The standard InChI is InChI=1S/C15H19Cl2N3O/c16-13-8-11(18)7-12(14(13)17)15(21)20-5-3-19(4-6-20)9-10-1-2-10/h7-8,10H,1-6,9,18H2. The van der Waals surface area contributed by atoms with Crippen LogP contribution in [0, 0.1) is 5.92 Å². The number of benzene rings is 1. The predicted molar refractivity (Wildman–Crippen MR) is 85.9 cm³/mol. The molecule has 1 aliphatic carbocycles. The molecule has 21 heavy (non-hydrogen) atoms. The van der Waals surface area contributed by atoms with Crippen LogP contribution in [-0.2, 0) is 0 Å². The highest BCUT2D eigenvalue weighted by Gasteiger charge is 2.28. The van der Waals surface area contributed by atoms with Gasteiger partial charge in [0.1, 0.15) is 0 Å². The van der Waals surface area contributed by atoms with Gasteiger partial charge in [-0.3, -0.25) is 9.69 Å². The zero-order valence-electron chi connectivity index (χ0n) is 11.8. The van der Waals surface area contributed by atoms with Gasteiger partial charge in [-0.2, -0.15) is 0 Å². The van der Waals surface area contributed by atoms with Crippen molar-refractivity contribution in [1.82, 2.24) is 9.80 Å². The number of anilines is 1. The summed E-state index contributed by atoms with van der Waals surface area (Å²) in [7, 11) is 0. The third-order valence-corrected chi connectivity index (χ3v) is 4.96. The minimum Gasteiger partial charge on any atom is -0.399 e. The Labute approximate surface area is 134 Å². The maximum Gasteiger partial charge on any atom is 0.255 e. The Kier molecular flexibility index (Phi) is 4.29. The van der Waals surface area contributed by atoms with Crippen LogP contribution in [0.1, 0.15) is 23.2 Å². The van der Waals surface area contributed by atoms with Gasteiger partial charge >= 0.3 is 0 Å². The Bertz CT molecular complexity index is 552. The fourth-order valence-corrected chi connectivity index (χ4v) is 3.15. The Hall–Kier alpha value is -0.970. The first-order chi connectivity index (χ1) is 10.0. The Balaban J connectivity index is 1.66. The molecule has 1 heterocycles. The van der Waals surface area contributed by atoms with Crippen molar-refractivity contribution < 1.29 is 4.79 Å². The summed E-state index contributed by atoms with van der Waals surface area (Å²) < 4.78 is 0. The van der Waals surface area contributed by atoms with Crippen molar-refractivity contribution in [2.75, 3.05) is 38.5 Å². The van der Waals surface area contributed by atoms with Crippen LogP contribution in [0.25, 0.3) is 0 Å². The lowest BCUT2D eigenvalue weighted by molar-refractivity contribution is 0.0632. The molecule has 0 bridgehead atoms. The van der Waals surface area contributed by atoms with E-state index in [0.717, 1.165) is 32.1 Å². The summed E-state index contributed by atoms with van der Waals surface area (Å²) in [4.78, 5) is 16.8. The summed E-state index contributed by atoms with van der Waals surface area (Å²) in [5.41, 5.74) is 6.62. The SMILES string of the molecule is Nc1cc(Cl)c(Cl)c(C(=O)N2CCN(CC3CC3)CC2)c1. The highest BCUT2D eigenvalue weighted by atomic mass is 35.5. The van der Waals surface area contributed by atoms with Gasteiger partial charge in [-0.05, 0) is 30.9 Å². The Morgan fingerprint density at radius 2 is 1.86 bits per heavy atom. The maximum absolute atomic E-state index is 12.6. The third-order valence-electron chi connectivity index (χ3n) is 4.15. The first-order valence-electron chi connectivity index (χ1n) is 7.30. The fourth-order valence-electron chi connectivity index (χ4n) is 2.74. The lowest BCUT2D eigenvalue weighted by Crippen LogP contribution is -2.49. The van der Waals surface area contributed by atoms with E-state index in [0.29, 0.717) is 16.3 Å². The molecule has 2 aliphatic rings. The van der Waals surface area contributed by atoms with Gasteiger partial charge in [-0.15, -0.1) is 0 Å². The molecule has 1 saturated carbocycles. The molecule has 0 aromatic heterocycles. The van der Waals surface area contributed by atoms with Gasteiger partial charge in [0.2, 0.25) is 0 Å². The van der Waals surface area contributed by atoms with Crippen molar-refractivity contribution in [1.29, 1.82) is 0 Å². The van der Waals surface area contributed by atoms with E-state index in [-0.39, 0.29) is 10.9 Å². The molecule has 6 heteroatoms. The molecule has 0 radical (unpaired) electrons. The van der Waals surface area contributed by atoms with E-state index >= 15 is 0 Å². The van der Waals surface area contributed by atoms with E-state index in [9.17, 15) is 4.79 Å². The number of amides is 1. The van der Waals surface area contributed by atoms with Crippen LogP contribution in [0.15, 0.2) is 12.1 Å². The van der Waals surface area contributed by atoms with Crippen LogP contribution in [0.2, 0.25) is 10.0 Å². The number of hydrogen-bond acceptors (Lipinski definition) is 3. The second-order valence-electron chi connectivity index (χ2n) is 5.90. The quantitative estimate of drug-likeness (QED) is 0.868. The van der Waals surface area contributed by atoms with E-state index in [4.69, 9.17) is 28.9 Å².